The molecule has 0 aliphatic carbocycles. The van der Waals surface area contributed by atoms with Crippen LogP contribution < -0.4 is 10.6 Å². The van der Waals surface area contributed by atoms with E-state index in [1.165, 1.54) is 6.07 Å². The number of benzene rings is 1. The molecular formula is C15H24F2IN3. The summed E-state index contributed by atoms with van der Waals surface area (Å²) in [4.78, 5) is 4.37. The molecule has 6 heteroatoms. The van der Waals surface area contributed by atoms with Gasteiger partial charge < -0.3 is 10.6 Å². The fourth-order valence-corrected chi connectivity index (χ4v) is 1.69. The van der Waals surface area contributed by atoms with E-state index in [4.69, 9.17) is 0 Å². The lowest BCUT2D eigenvalue weighted by atomic mass is 10.1. The highest BCUT2D eigenvalue weighted by Gasteiger charge is 2.07. The average molecular weight is 411 g/mol. The Morgan fingerprint density at radius 2 is 2.00 bits per heavy atom. The van der Waals surface area contributed by atoms with Gasteiger partial charge in [-0.15, -0.1) is 24.0 Å². The summed E-state index contributed by atoms with van der Waals surface area (Å²) in [5.74, 6) is -0.877. The minimum atomic E-state index is -0.809. The van der Waals surface area contributed by atoms with E-state index in [9.17, 15) is 8.78 Å². The normalized spacial score (nSPS) is 12.5. The Labute approximate surface area is 142 Å². The van der Waals surface area contributed by atoms with Crippen molar-refractivity contribution in [1.29, 1.82) is 0 Å². The van der Waals surface area contributed by atoms with E-state index < -0.39 is 11.6 Å². The van der Waals surface area contributed by atoms with Gasteiger partial charge in [-0.2, -0.15) is 0 Å². The molecule has 1 aromatic carbocycles. The Morgan fingerprint density at radius 3 is 2.62 bits per heavy atom. The van der Waals surface area contributed by atoms with Crippen LogP contribution in [-0.2, 0) is 6.42 Å². The Balaban J connectivity index is 0.00000400. The zero-order valence-corrected chi connectivity index (χ0v) is 15.1. The number of aliphatic imine (C=N–C) groups is 1. The zero-order valence-electron chi connectivity index (χ0n) is 12.7. The van der Waals surface area contributed by atoms with Crippen LogP contribution in [0.25, 0.3) is 0 Å². The molecule has 0 saturated heterocycles. The van der Waals surface area contributed by atoms with Crippen LogP contribution in [-0.4, -0.2) is 25.1 Å². The van der Waals surface area contributed by atoms with Gasteiger partial charge in [0, 0.05) is 19.1 Å². The molecule has 0 heterocycles. The number of nitrogens with one attached hydrogen (secondary N) is 2. The van der Waals surface area contributed by atoms with Gasteiger partial charge in [0.05, 0.1) is 0 Å². The average Bonchev–Trinajstić information content (AvgIpc) is 2.43. The summed E-state index contributed by atoms with van der Waals surface area (Å²) in [5, 5.41) is 6.38. The van der Waals surface area contributed by atoms with E-state index >= 15 is 0 Å². The number of nitrogens with zero attached hydrogens (tertiary/aromatic N) is 1. The van der Waals surface area contributed by atoms with Crippen molar-refractivity contribution >= 4 is 29.9 Å². The number of hydrogen-bond donors (Lipinski definition) is 2. The molecule has 0 amide bonds. The van der Waals surface area contributed by atoms with Crippen LogP contribution in [0.3, 0.4) is 0 Å². The van der Waals surface area contributed by atoms with Crippen molar-refractivity contribution in [3.05, 3.63) is 35.4 Å². The molecule has 21 heavy (non-hydrogen) atoms. The molecule has 0 fully saturated rings. The summed E-state index contributed by atoms with van der Waals surface area (Å²) in [6.07, 6.45) is 1.36. The highest BCUT2D eigenvalue weighted by atomic mass is 127. The van der Waals surface area contributed by atoms with Crippen molar-refractivity contribution < 1.29 is 8.78 Å². The van der Waals surface area contributed by atoms with Crippen molar-refractivity contribution in [3.63, 3.8) is 0 Å². The minimum absolute atomic E-state index is 0. The van der Waals surface area contributed by atoms with E-state index in [1.54, 1.807) is 6.07 Å². The number of guanidine groups is 1. The summed E-state index contributed by atoms with van der Waals surface area (Å²) >= 11 is 0. The maximum absolute atomic E-state index is 13.5. The molecular weight excluding hydrogens is 387 g/mol. The minimum Gasteiger partial charge on any atom is -0.357 e. The summed E-state index contributed by atoms with van der Waals surface area (Å²) in [6, 6.07) is 4.54. The lowest BCUT2D eigenvalue weighted by Gasteiger charge is -2.16. The van der Waals surface area contributed by atoms with Crippen LogP contribution in [0.2, 0.25) is 0 Å². The summed E-state index contributed by atoms with van der Waals surface area (Å²) in [7, 11) is 0. The van der Waals surface area contributed by atoms with Crippen LogP contribution in [0.1, 0.15) is 32.8 Å². The number of rotatable bonds is 6. The van der Waals surface area contributed by atoms with E-state index in [1.807, 2.05) is 6.92 Å². The van der Waals surface area contributed by atoms with E-state index in [-0.39, 0.29) is 24.0 Å². The van der Waals surface area contributed by atoms with E-state index in [0.717, 1.165) is 19.0 Å². The Bertz CT molecular complexity index is 453. The molecule has 2 N–H and O–H groups in total. The lowest BCUT2D eigenvalue weighted by molar-refractivity contribution is 0.499. The Hall–Kier alpha value is -0.920. The summed E-state index contributed by atoms with van der Waals surface area (Å²) in [5.41, 5.74) is 0.355. The molecule has 3 nitrogen and oxygen atoms in total. The first-order chi connectivity index (χ1) is 9.58. The highest BCUT2D eigenvalue weighted by Crippen LogP contribution is 2.11. The molecule has 0 aliphatic rings. The molecule has 0 spiro atoms. The van der Waals surface area contributed by atoms with Crippen molar-refractivity contribution in [2.45, 2.75) is 39.7 Å². The van der Waals surface area contributed by atoms with Crippen LogP contribution in [0.4, 0.5) is 8.78 Å². The fraction of sp³-hybridized carbons (Fsp3) is 0.533. The molecule has 0 saturated carbocycles. The topological polar surface area (TPSA) is 36.4 Å². The molecule has 120 valence electrons. The molecule has 0 bridgehead atoms. The summed E-state index contributed by atoms with van der Waals surface area (Å²) in [6.45, 7) is 7.31. The van der Waals surface area contributed by atoms with Gasteiger partial charge >= 0.3 is 0 Å². The van der Waals surface area contributed by atoms with Crippen LogP contribution in [0.15, 0.2) is 23.2 Å². The molecule has 0 radical (unpaired) electrons. The van der Waals surface area contributed by atoms with Gasteiger partial charge in [-0.1, -0.05) is 19.1 Å². The first kappa shape index (κ1) is 20.1. The van der Waals surface area contributed by atoms with Crippen molar-refractivity contribution in [3.8, 4) is 0 Å². The largest absolute Gasteiger partial charge is 0.357 e. The third kappa shape index (κ3) is 7.06. The number of hydrogen-bond acceptors (Lipinski definition) is 1. The van der Waals surface area contributed by atoms with Gasteiger partial charge in [-0.05, 0) is 38.3 Å². The zero-order chi connectivity index (χ0) is 15.0. The van der Waals surface area contributed by atoms with E-state index in [0.29, 0.717) is 30.5 Å². The highest BCUT2D eigenvalue weighted by molar-refractivity contribution is 14.0. The summed E-state index contributed by atoms with van der Waals surface area (Å²) < 4.78 is 26.6. The molecule has 1 atom stereocenters. The van der Waals surface area contributed by atoms with Gasteiger partial charge in [0.2, 0.25) is 0 Å². The first-order valence-electron chi connectivity index (χ1n) is 7.06. The monoisotopic (exact) mass is 411 g/mol. The van der Waals surface area contributed by atoms with Gasteiger partial charge in [0.1, 0.15) is 0 Å². The van der Waals surface area contributed by atoms with Gasteiger partial charge in [0.25, 0.3) is 0 Å². The smallest absolute Gasteiger partial charge is 0.191 e. The van der Waals surface area contributed by atoms with Gasteiger partial charge in [0.15, 0.2) is 17.6 Å². The third-order valence-electron chi connectivity index (χ3n) is 3.02. The predicted octanol–water partition coefficient (Wildman–Crippen LogP) is 3.48. The molecule has 0 aromatic heterocycles. The second-order valence-corrected chi connectivity index (χ2v) is 4.68. The maximum Gasteiger partial charge on any atom is 0.191 e. The fourth-order valence-electron chi connectivity index (χ4n) is 1.69. The van der Waals surface area contributed by atoms with Crippen LogP contribution in [0.5, 0.6) is 0 Å². The van der Waals surface area contributed by atoms with Crippen LogP contribution in [0, 0.1) is 11.6 Å². The van der Waals surface area contributed by atoms with Crippen molar-refractivity contribution in [1.82, 2.24) is 10.6 Å². The standard InChI is InChI=1S/C15H23F2N3.HI/c1-4-11(3)20-15(18-5-2)19-10-9-12-7-6-8-13(16)14(12)17;/h6-8,11H,4-5,9-10H2,1-3H3,(H2,18,19,20);1H. The molecule has 1 rings (SSSR count). The van der Waals surface area contributed by atoms with Gasteiger partial charge in [-0.3, -0.25) is 4.99 Å². The first-order valence-corrected chi connectivity index (χ1v) is 7.06. The van der Waals surface area contributed by atoms with Crippen LogP contribution >= 0.6 is 24.0 Å². The second kappa shape index (κ2) is 10.8. The van der Waals surface area contributed by atoms with Crippen molar-refractivity contribution in [2.24, 2.45) is 4.99 Å². The maximum atomic E-state index is 13.5. The third-order valence-corrected chi connectivity index (χ3v) is 3.02. The molecule has 1 unspecified atom stereocenters. The van der Waals surface area contributed by atoms with Crippen molar-refractivity contribution in [2.75, 3.05) is 13.1 Å². The lowest BCUT2D eigenvalue weighted by Crippen LogP contribution is -2.42. The molecule has 0 aliphatic heterocycles. The SMILES string of the molecule is CCNC(=NCCc1cccc(F)c1F)NC(C)CC.I. The van der Waals surface area contributed by atoms with Gasteiger partial charge in [-0.25, -0.2) is 8.78 Å². The Kier molecular flexibility index (Phi) is 10.3. The molecule has 1 aromatic rings. The number of halogens is 3. The van der Waals surface area contributed by atoms with E-state index in [2.05, 4.69) is 29.5 Å². The predicted molar refractivity (Wildman–Crippen MR) is 94.3 cm³/mol. The quantitative estimate of drug-likeness (QED) is 0.427. The second-order valence-electron chi connectivity index (χ2n) is 4.68. The Morgan fingerprint density at radius 1 is 1.29 bits per heavy atom.